The van der Waals surface area contributed by atoms with Crippen molar-refractivity contribution >= 4 is 11.8 Å². The van der Waals surface area contributed by atoms with E-state index < -0.39 is 36.0 Å². The van der Waals surface area contributed by atoms with Crippen LogP contribution in [0.5, 0.6) is 0 Å². The summed E-state index contributed by atoms with van der Waals surface area (Å²) >= 11 is 0. The van der Waals surface area contributed by atoms with Crippen molar-refractivity contribution in [3.8, 4) is 11.3 Å². The summed E-state index contributed by atoms with van der Waals surface area (Å²) in [5, 5.41) is 20.2. The summed E-state index contributed by atoms with van der Waals surface area (Å²) in [6, 6.07) is 4.71. The van der Waals surface area contributed by atoms with Crippen LogP contribution in [-0.4, -0.2) is 63.4 Å². The van der Waals surface area contributed by atoms with Crippen LogP contribution in [0.15, 0.2) is 30.5 Å². The van der Waals surface area contributed by atoms with E-state index in [-0.39, 0.29) is 24.3 Å². The third-order valence-electron chi connectivity index (χ3n) is 6.21. The second kappa shape index (κ2) is 9.61. The second-order valence-electron chi connectivity index (χ2n) is 9.79. The predicted octanol–water partition coefficient (Wildman–Crippen LogP) is 2.00. The van der Waals surface area contributed by atoms with E-state index in [1.54, 1.807) is 50.1 Å². The Hall–Kier alpha value is -2.78. The molecule has 33 heavy (non-hydrogen) atoms. The van der Waals surface area contributed by atoms with E-state index in [1.807, 2.05) is 20.8 Å². The van der Waals surface area contributed by atoms with Gasteiger partial charge in [0.25, 0.3) is 0 Å². The minimum absolute atomic E-state index is 0.0906. The number of aliphatic hydroxyl groups is 1. The largest absolute Gasteiger partial charge is 0.391 e. The van der Waals surface area contributed by atoms with Gasteiger partial charge in [-0.25, -0.2) is 4.39 Å². The number of carbonyl (C=O) groups excluding carboxylic acids is 2. The van der Waals surface area contributed by atoms with Gasteiger partial charge in [-0.3, -0.25) is 14.3 Å². The zero-order valence-corrected chi connectivity index (χ0v) is 20.1. The minimum atomic E-state index is -0.815. The van der Waals surface area contributed by atoms with Crippen LogP contribution in [-0.2, 0) is 16.6 Å². The Morgan fingerprint density at radius 1 is 1.27 bits per heavy atom. The molecule has 0 aliphatic carbocycles. The quantitative estimate of drug-likeness (QED) is 0.614. The lowest BCUT2D eigenvalue weighted by Gasteiger charge is -2.35. The molecule has 1 unspecified atom stereocenters. The van der Waals surface area contributed by atoms with Crippen LogP contribution < -0.4 is 10.6 Å². The Morgan fingerprint density at radius 3 is 2.52 bits per heavy atom. The summed E-state index contributed by atoms with van der Waals surface area (Å²) < 4.78 is 16.6. The minimum Gasteiger partial charge on any atom is -0.391 e. The molecule has 0 bridgehead atoms. The Bertz CT molecular complexity index is 1020. The van der Waals surface area contributed by atoms with Gasteiger partial charge >= 0.3 is 0 Å². The van der Waals surface area contributed by atoms with Crippen molar-refractivity contribution in [1.29, 1.82) is 0 Å². The number of likely N-dealkylation sites (tertiary alicyclic amines) is 1. The fourth-order valence-corrected chi connectivity index (χ4v) is 4.48. The van der Waals surface area contributed by atoms with Crippen molar-refractivity contribution in [3.63, 3.8) is 0 Å². The Labute approximate surface area is 194 Å². The number of β-amino-alcohol motifs (C(OH)–C–C–N with tert-alkyl or cyclic N) is 1. The van der Waals surface area contributed by atoms with E-state index in [2.05, 4.69) is 15.7 Å². The Morgan fingerprint density at radius 2 is 1.97 bits per heavy atom. The standard InChI is InChI=1S/C24H34FN5O3/c1-14(17-8-7-15(11-18(17)25)19-9-10-27-29(19)6)28-22(32)20-12-16(31)13-30(20)23(33)21(26-5)24(2,3)4/h7-11,14,16,20-21,26,31H,12-13H2,1-6H3,(H,28,32)/t14-,16+,20-,21?/m0/s1. The number of aromatic nitrogens is 2. The molecule has 3 rings (SSSR count). The third-order valence-corrected chi connectivity index (χ3v) is 6.21. The van der Waals surface area contributed by atoms with Gasteiger partial charge in [-0.1, -0.05) is 32.9 Å². The fourth-order valence-electron chi connectivity index (χ4n) is 4.48. The number of hydrogen-bond donors (Lipinski definition) is 3. The molecule has 2 aromatic rings. The topological polar surface area (TPSA) is 99.5 Å². The summed E-state index contributed by atoms with van der Waals surface area (Å²) in [6.45, 7) is 7.60. The molecule has 2 heterocycles. The molecule has 3 N–H and O–H groups in total. The van der Waals surface area contributed by atoms with Gasteiger partial charge in [0, 0.05) is 37.3 Å². The molecule has 2 amide bonds. The first-order valence-electron chi connectivity index (χ1n) is 11.2. The highest BCUT2D eigenvalue weighted by atomic mass is 19.1. The zero-order valence-electron chi connectivity index (χ0n) is 20.1. The molecule has 1 aliphatic heterocycles. The van der Waals surface area contributed by atoms with Crippen LogP contribution in [0.4, 0.5) is 4.39 Å². The monoisotopic (exact) mass is 459 g/mol. The number of rotatable bonds is 6. The zero-order chi connectivity index (χ0) is 24.5. The van der Waals surface area contributed by atoms with Crippen LogP contribution in [0, 0.1) is 11.2 Å². The second-order valence-corrected chi connectivity index (χ2v) is 9.79. The highest BCUT2D eigenvalue weighted by molar-refractivity contribution is 5.91. The van der Waals surface area contributed by atoms with Crippen LogP contribution in [0.2, 0.25) is 0 Å². The number of aryl methyl sites for hydroxylation is 1. The van der Waals surface area contributed by atoms with Crippen molar-refractivity contribution in [3.05, 3.63) is 41.8 Å². The SMILES string of the molecule is CNC(C(=O)N1C[C@H](O)C[C@H]1C(=O)N[C@@H](C)c1ccc(-c2ccnn2C)cc1F)C(C)(C)C. The van der Waals surface area contributed by atoms with Gasteiger partial charge in [0.2, 0.25) is 11.8 Å². The van der Waals surface area contributed by atoms with Gasteiger partial charge in [-0.05, 0) is 31.5 Å². The molecule has 180 valence electrons. The van der Waals surface area contributed by atoms with Crippen LogP contribution >= 0.6 is 0 Å². The molecule has 1 aromatic carbocycles. The van der Waals surface area contributed by atoms with E-state index in [9.17, 15) is 19.1 Å². The van der Waals surface area contributed by atoms with Crippen LogP contribution in [0.1, 0.15) is 45.7 Å². The van der Waals surface area contributed by atoms with Gasteiger partial charge in [0.05, 0.1) is 23.9 Å². The highest BCUT2D eigenvalue weighted by Crippen LogP contribution is 2.28. The number of likely N-dealkylation sites (N-methyl/N-ethyl adjacent to an activating group) is 1. The maximum Gasteiger partial charge on any atom is 0.243 e. The van der Waals surface area contributed by atoms with Crippen molar-refractivity contribution in [2.75, 3.05) is 13.6 Å². The Balaban J connectivity index is 1.75. The first-order chi connectivity index (χ1) is 15.4. The van der Waals surface area contributed by atoms with Crippen molar-refractivity contribution in [2.24, 2.45) is 12.5 Å². The van der Waals surface area contributed by atoms with E-state index in [4.69, 9.17) is 0 Å². The summed E-state index contributed by atoms with van der Waals surface area (Å²) in [7, 11) is 3.49. The first-order valence-corrected chi connectivity index (χ1v) is 11.2. The smallest absolute Gasteiger partial charge is 0.243 e. The maximum atomic E-state index is 14.9. The Kier molecular flexibility index (Phi) is 7.23. The van der Waals surface area contributed by atoms with Crippen LogP contribution in [0.25, 0.3) is 11.3 Å². The highest BCUT2D eigenvalue weighted by Gasteiger charge is 2.43. The lowest BCUT2D eigenvalue weighted by molar-refractivity contribution is -0.142. The summed E-state index contributed by atoms with van der Waals surface area (Å²) in [4.78, 5) is 27.7. The number of hydrogen-bond acceptors (Lipinski definition) is 5. The van der Waals surface area contributed by atoms with Gasteiger partial charge in [0.15, 0.2) is 0 Å². The summed E-state index contributed by atoms with van der Waals surface area (Å²) in [5.41, 5.74) is 1.44. The first kappa shape index (κ1) is 24.9. The predicted molar refractivity (Wildman–Crippen MR) is 124 cm³/mol. The maximum absolute atomic E-state index is 14.9. The summed E-state index contributed by atoms with van der Waals surface area (Å²) in [5.74, 6) is -1.09. The number of amides is 2. The van der Waals surface area contributed by atoms with E-state index in [0.29, 0.717) is 11.1 Å². The molecule has 1 fully saturated rings. The number of benzene rings is 1. The molecular formula is C24H34FN5O3. The number of aliphatic hydroxyl groups excluding tert-OH is 1. The molecule has 0 spiro atoms. The molecule has 1 aliphatic rings. The van der Waals surface area contributed by atoms with Crippen molar-refractivity contribution < 1.29 is 19.1 Å². The third kappa shape index (κ3) is 5.25. The molecular weight excluding hydrogens is 425 g/mol. The molecule has 1 saturated heterocycles. The van der Waals surface area contributed by atoms with Crippen molar-refractivity contribution in [1.82, 2.24) is 25.3 Å². The molecule has 1 aromatic heterocycles. The molecule has 9 heteroatoms. The number of halogens is 1. The van der Waals surface area contributed by atoms with Gasteiger partial charge < -0.3 is 20.6 Å². The fraction of sp³-hybridized carbons (Fsp3) is 0.542. The molecule has 8 nitrogen and oxygen atoms in total. The average molecular weight is 460 g/mol. The number of nitrogens with zero attached hydrogens (tertiary/aromatic N) is 3. The average Bonchev–Trinajstić information content (AvgIpc) is 3.32. The lowest BCUT2D eigenvalue weighted by atomic mass is 9.86. The van der Waals surface area contributed by atoms with Crippen molar-refractivity contribution in [2.45, 2.75) is 58.3 Å². The van der Waals surface area contributed by atoms with Gasteiger partial charge in [0.1, 0.15) is 11.9 Å². The van der Waals surface area contributed by atoms with Gasteiger partial charge in [-0.15, -0.1) is 0 Å². The number of carbonyl (C=O) groups is 2. The lowest BCUT2D eigenvalue weighted by Crippen LogP contribution is -2.56. The van der Waals surface area contributed by atoms with E-state index in [0.717, 1.165) is 5.69 Å². The van der Waals surface area contributed by atoms with Crippen LogP contribution in [0.3, 0.4) is 0 Å². The molecule has 4 atom stereocenters. The van der Waals surface area contributed by atoms with E-state index in [1.165, 1.54) is 11.0 Å². The summed E-state index contributed by atoms with van der Waals surface area (Å²) in [6.07, 6.45) is 1.00. The normalized spacial score (nSPS) is 20.5. The molecule has 0 saturated carbocycles. The number of nitrogens with one attached hydrogen (secondary N) is 2. The molecule has 0 radical (unpaired) electrons. The van der Waals surface area contributed by atoms with E-state index >= 15 is 0 Å². The van der Waals surface area contributed by atoms with Gasteiger partial charge in [-0.2, -0.15) is 5.10 Å².